The zero-order valence-electron chi connectivity index (χ0n) is 20.5. The van der Waals surface area contributed by atoms with Crippen LogP contribution in [-0.4, -0.2) is 37.6 Å². The van der Waals surface area contributed by atoms with E-state index in [0.717, 1.165) is 23.7 Å². The van der Waals surface area contributed by atoms with Crippen molar-refractivity contribution in [1.82, 2.24) is 10.2 Å². The van der Waals surface area contributed by atoms with Gasteiger partial charge in [-0.05, 0) is 81.8 Å². The monoisotopic (exact) mass is 418 g/mol. The average Bonchev–Trinajstić information content (AvgIpc) is 3.62. The minimum absolute atomic E-state index is 1.14. The highest BCUT2D eigenvalue weighted by atomic mass is 15.1. The van der Waals surface area contributed by atoms with E-state index in [1.54, 1.807) is 32.1 Å². The van der Waals surface area contributed by atoms with E-state index < -0.39 is 0 Å². The van der Waals surface area contributed by atoms with Gasteiger partial charge in [-0.25, -0.2) is 0 Å². The Kier molecular flexibility index (Phi) is 12.2. The van der Waals surface area contributed by atoms with Crippen molar-refractivity contribution in [1.29, 1.82) is 0 Å². The molecule has 2 nitrogen and oxygen atoms in total. The van der Waals surface area contributed by atoms with Gasteiger partial charge < -0.3 is 10.2 Å². The second-order valence-electron chi connectivity index (χ2n) is 11.2. The fourth-order valence-corrected chi connectivity index (χ4v) is 6.04. The first-order valence-corrected chi connectivity index (χ1v) is 14.3. The summed E-state index contributed by atoms with van der Waals surface area (Å²) in [5.74, 6) is 4.58. The van der Waals surface area contributed by atoms with E-state index in [1.165, 1.54) is 116 Å². The predicted octanol–water partition coefficient (Wildman–Crippen LogP) is 7.43. The van der Waals surface area contributed by atoms with Gasteiger partial charge in [0.1, 0.15) is 0 Å². The minimum atomic E-state index is 1.14. The number of hydrogen-bond acceptors (Lipinski definition) is 2. The summed E-state index contributed by atoms with van der Waals surface area (Å²) in [4.78, 5) is 2.61. The Morgan fingerprint density at radius 2 is 1.20 bits per heavy atom. The Morgan fingerprint density at radius 3 is 1.83 bits per heavy atom. The Labute approximate surface area is 189 Å². The van der Waals surface area contributed by atoms with Gasteiger partial charge in [-0.3, -0.25) is 0 Å². The first-order chi connectivity index (χ1) is 14.9. The van der Waals surface area contributed by atoms with Crippen molar-refractivity contribution < 1.29 is 0 Å². The number of nitrogens with zero attached hydrogens (tertiary/aromatic N) is 1. The van der Waals surface area contributed by atoms with E-state index in [0.29, 0.717) is 0 Å². The van der Waals surface area contributed by atoms with Gasteiger partial charge in [0, 0.05) is 13.1 Å². The Balaban J connectivity index is 0.993. The smallest absolute Gasteiger partial charge is 0.0107 e. The molecule has 0 amide bonds. The lowest BCUT2D eigenvalue weighted by atomic mass is 10.0. The molecule has 0 aromatic rings. The van der Waals surface area contributed by atoms with Crippen LogP contribution in [0.15, 0.2) is 0 Å². The largest absolute Gasteiger partial charge is 0.315 e. The van der Waals surface area contributed by atoms with Crippen LogP contribution in [0.1, 0.15) is 122 Å². The molecule has 3 aliphatic rings. The van der Waals surface area contributed by atoms with E-state index >= 15 is 0 Å². The highest BCUT2D eigenvalue weighted by Crippen LogP contribution is 2.54. The van der Waals surface area contributed by atoms with E-state index in [2.05, 4.69) is 17.1 Å². The van der Waals surface area contributed by atoms with Crippen LogP contribution >= 0.6 is 0 Å². The van der Waals surface area contributed by atoms with Gasteiger partial charge in [0.15, 0.2) is 0 Å². The number of nitrogens with one attached hydrogen (secondary N) is 1. The fraction of sp³-hybridized carbons (Fsp3) is 1.00. The van der Waals surface area contributed by atoms with Crippen molar-refractivity contribution in [3.63, 3.8) is 0 Å². The van der Waals surface area contributed by atoms with Crippen LogP contribution in [0.2, 0.25) is 0 Å². The van der Waals surface area contributed by atoms with Crippen LogP contribution in [0.25, 0.3) is 0 Å². The third-order valence-electron chi connectivity index (χ3n) is 8.40. The molecule has 3 fully saturated rings. The standard InChI is InChI=1S/C28H54N2/c1-2-3-10-15-25-22-27(25)24-28-23-26(28)16-11-8-6-4-5-7-9-12-17-29-18-21-30-19-13-14-20-30/h25-29H,2-24H2,1H3. The van der Waals surface area contributed by atoms with Gasteiger partial charge >= 0.3 is 0 Å². The molecule has 1 aliphatic heterocycles. The molecule has 2 aliphatic carbocycles. The van der Waals surface area contributed by atoms with Gasteiger partial charge in [0.25, 0.3) is 0 Å². The molecule has 1 saturated heterocycles. The topological polar surface area (TPSA) is 15.3 Å². The maximum Gasteiger partial charge on any atom is 0.0107 e. The Hall–Kier alpha value is -0.0800. The fourth-order valence-electron chi connectivity index (χ4n) is 6.04. The van der Waals surface area contributed by atoms with E-state index in [-0.39, 0.29) is 0 Å². The van der Waals surface area contributed by atoms with Crippen molar-refractivity contribution in [3.05, 3.63) is 0 Å². The maximum absolute atomic E-state index is 3.64. The summed E-state index contributed by atoms with van der Waals surface area (Å²) in [7, 11) is 0. The molecular formula is C28H54N2. The van der Waals surface area contributed by atoms with Gasteiger partial charge in [-0.15, -0.1) is 0 Å². The molecule has 0 aromatic heterocycles. The molecule has 0 radical (unpaired) electrons. The lowest BCUT2D eigenvalue weighted by Gasteiger charge is -2.14. The van der Waals surface area contributed by atoms with Gasteiger partial charge in [-0.2, -0.15) is 0 Å². The van der Waals surface area contributed by atoms with E-state index in [1.807, 2.05) is 0 Å². The Bertz CT molecular complexity index is 417. The van der Waals surface area contributed by atoms with Crippen LogP contribution in [0.3, 0.4) is 0 Å². The molecule has 4 unspecified atom stereocenters. The zero-order chi connectivity index (χ0) is 20.9. The normalized spacial score (nSPS) is 28.3. The van der Waals surface area contributed by atoms with E-state index in [4.69, 9.17) is 0 Å². The summed E-state index contributed by atoms with van der Waals surface area (Å²) >= 11 is 0. The molecule has 2 heteroatoms. The van der Waals surface area contributed by atoms with Crippen molar-refractivity contribution in [3.8, 4) is 0 Å². The summed E-state index contributed by atoms with van der Waals surface area (Å²) in [6.07, 6.45) is 26.8. The van der Waals surface area contributed by atoms with Crippen LogP contribution < -0.4 is 5.32 Å². The molecule has 1 heterocycles. The average molecular weight is 419 g/mol. The van der Waals surface area contributed by atoms with Gasteiger partial charge in [0.2, 0.25) is 0 Å². The van der Waals surface area contributed by atoms with Crippen molar-refractivity contribution in [2.45, 2.75) is 122 Å². The number of unbranched alkanes of at least 4 members (excludes halogenated alkanes) is 9. The molecular weight excluding hydrogens is 364 g/mol. The highest BCUT2D eigenvalue weighted by molar-refractivity contribution is 4.94. The quantitative estimate of drug-likeness (QED) is 0.207. The van der Waals surface area contributed by atoms with Crippen LogP contribution in [-0.2, 0) is 0 Å². The third kappa shape index (κ3) is 10.5. The second kappa shape index (κ2) is 14.9. The summed E-state index contributed by atoms with van der Waals surface area (Å²) in [5, 5.41) is 3.64. The van der Waals surface area contributed by atoms with Crippen molar-refractivity contribution in [2.24, 2.45) is 23.7 Å². The predicted molar refractivity (Wildman–Crippen MR) is 132 cm³/mol. The van der Waals surface area contributed by atoms with Crippen molar-refractivity contribution in [2.75, 3.05) is 32.7 Å². The lowest BCUT2D eigenvalue weighted by Crippen LogP contribution is -2.30. The lowest BCUT2D eigenvalue weighted by molar-refractivity contribution is 0.335. The molecule has 176 valence electrons. The highest BCUT2D eigenvalue weighted by Gasteiger charge is 2.44. The molecule has 0 bridgehead atoms. The summed E-state index contributed by atoms with van der Waals surface area (Å²) in [6.45, 7) is 8.70. The first kappa shape index (κ1) is 24.6. The summed E-state index contributed by atoms with van der Waals surface area (Å²) in [6, 6.07) is 0. The number of rotatable bonds is 20. The second-order valence-corrected chi connectivity index (χ2v) is 11.2. The van der Waals surface area contributed by atoms with Crippen LogP contribution in [0.4, 0.5) is 0 Å². The SMILES string of the molecule is CCCCCC1CC1CC1CC1CCCCCCCCCCNCCN1CCCC1. The van der Waals surface area contributed by atoms with Crippen molar-refractivity contribution >= 4 is 0 Å². The van der Waals surface area contributed by atoms with Gasteiger partial charge in [0.05, 0.1) is 0 Å². The number of hydrogen-bond donors (Lipinski definition) is 1. The Morgan fingerprint density at radius 1 is 0.633 bits per heavy atom. The summed E-state index contributed by atoms with van der Waals surface area (Å²) in [5.41, 5.74) is 0. The molecule has 0 aromatic carbocycles. The number of likely N-dealkylation sites (tertiary alicyclic amines) is 1. The molecule has 4 atom stereocenters. The minimum Gasteiger partial charge on any atom is -0.315 e. The maximum atomic E-state index is 3.64. The first-order valence-electron chi connectivity index (χ1n) is 14.3. The van der Waals surface area contributed by atoms with Crippen LogP contribution in [0.5, 0.6) is 0 Å². The molecule has 3 rings (SSSR count). The van der Waals surface area contributed by atoms with Crippen LogP contribution in [0, 0.1) is 23.7 Å². The van der Waals surface area contributed by atoms with E-state index in [9.17, 15) is 0 Å². The molecule has 1 N–H and O–H groups in total. The third-order valence-corrected chi connectivity index (χ3v) is 8.40. The molecule has 30 heavy (non-hydrogen) atoms. The zero-order valence-corrected chi connectivity index (χ0v) is 20.5. The summed E-state index contributed by atoms with van der Waals surface area (Å²) < 4.78 is 0. The van der Waals surface area contributed by atoms with Gasteiger partial charge in [-0.1, -0.05) is 84.0 Å². The molecule has 2 saturated carbocycles. The molecule has 0 spiro atoms.